The summed E-state index contributed by atoms with van der Waals surface area (Å²) in [4.78, 5) is 0. The van der Waals surface area contributed by atoms with Crippen LogP contribution in [0.25, 0.3) is 18.5 Å². The van der Waals surface area contributed by atoms with Gasteiger partial charge in [-0.25, -0.2) is 0 Å². The molecule has 3 nitrogen and oxygen atoms in total. The Morgan fingerprint density at radius 1 is 0.714 bits per heavy atom. The van der Waals surface area contributed by atoms with Gasteiger partial charge in [-0.05, 0) is 0 Å². The predicted octanol–water partition coefficient (Wildman–Crippen LogP) is 4.22. The second-order valence-electron chi connectivity index (χ2n) is 0.136. The first-order valence-corrected chi connectivity index (χ1v) is 8.81. The maximum absolute atomic E-state index is 4.96. The van der Waals surface area contributed by atoms with Crippen LogP contribution in [-0.2, 0) is 14.2 Å². The summed E-state index contributed by atoms with van der Waals surface area (Å²) in [6.07, 6.45) is 0. The van der Waals surface area contributed by atoms with Crippen molar-refractivity contribution in [2.75, 3.05) is 0 Å². The minimum absolute atomic E-state index is 0. The maximum Gasteiger partial charge on any atom is -0.693 e. The van der Waals surface area contributed by atoms with E-state index < -0.39 is 14.2 Å². The van der Waals surface area contributed by atoms with Crippen LogP contribution in [0.1, 0.15) is 0 Å². The molecule has 7 heteroatoms. The van der Waals surface area contributed by atoms with E-state index in [2.05, 4.69) is 0 Å². The summed E-state index contributed by atoms with van der Waals surface area (Å²) in [7, 11) is 14.9. The van der Waals surface area contributed by atoms with Crippen molar-refractivity contribution >= 4 is 28.3 Å². The first-order valence-electron chi connectivity index (χ1n) is 0.359. The summed E-state index contributed by atoms with van der Waals surface area (Å²) < 4.78 is 0. The molecule has 55 valence electrons. The molecule has 0 aliphatic carbocycles. The van der Waals surface area contributed by atoms with Crippen molar-refractivity contribution in [2.45, 2.75) is 0 Å². The van der Waals surface area contributed by atoms with Crippen molar-refractivity contribution in [1.29, 1.82) is 0 Å². The largest absolute Gasteiger partial charge is 0.693 e. The number of nitrogens with two attached hydrogens (primary N) is 3. The van der Waals surface area contributed by atoms with Crippen molar-refractivity contribution in [3.05, 3.63) is 18.5 Å². The molecule has 0 rings (SSSR count). The number of hydrogen-bond donors (Lipinski definition) is 0. The third-order valence-corrected chi connectivity index (χ3v) is 0. The summed E-state index contributed by atoms with van der Waals surface area (Å²) in [5, 5.41) is 0. The average molecular weight is 350 g/mol. The molecule has 7 heavy (non-hydrogen) atoms. The molecule has 0 atom stereocenters. The van der Waals surface area contributed by atoms with Crippen LogP contribution in [0.4, 0.5) is 0 Å². The van der Waals surface area contributed by atoms with E-state index in [0.29, 0.717) is 0 Å². The monoisotopic (exact) mass is 348 g/mol. The fourth-order valence-corrected chi connectivity index (χ4v) is 0. The van der Waals surface area contributed by atoms with Crippen LogP contribution >= 0.6 is 28.3 Å². The number of halogens is 3. The summed E-state index contributed by atoms with van der Waals surface area (Å²) in [6.45, 7) is 0. The van der Waals surface area contributed by atoms with Crippen molar-refractivity contribution in [1.82, 2.24) is 0 Å². The van der Waals surface area contributed by atoms with Crippen LogP contribution in [-0.4, -0.2) is 0 Å². The zero-order valence-corrected chi connectivity index (χ0v) is 7.72. The fourth-order valence-electron chi connectivity index (χ4n) is 0. The van der Waals surface area contributed by atoms with E-state index in [9.17, 15) is 0 Å². The molecule has 0 amide bonds. The van der Waals surface area contributed by atoms with E-state index in [1.54, 1.807) is 0 Å². The Morgan fingerprint density at radius 3 is 0.714 bits per heavy atom. The van der Waals surface area contributed by atoms with Gasteiger partial charge in [-0.1, -0.05) is 0 Å². The predicted molar refractivity (Wildman–Crippen MR) is 33.4 cm³/mol. The van der Waals surface area contributed by atoms with Crippen LogP contribution in [0.3, 0.4) is 0 Å². The Kier molecular flexibility index (Phi) is 53.0. The fraction of sp³-hybridized carbons (Fsp3) is 0. The minimum Gasteiger partial charge on any atom is -0.693 e. The summed E-state index contributed by atoms with van der Waals surface area (Å²) in [5.41, 5.74) is 0. The van der Waals surface area contributed by atoms with Gasteiger partial charge >= 0.3 is 42.4 Å². The molecule has 6 N–H and O–H groups in total. The topological polar surface area (TPSA) is 100 Å². The first kappa shape index (κ1) is 23.7. The van der Waals surface area contributed by atoms with E-state index in [-0.39, 0.29) is 18.5 Å². The molecule has 0 fully saturated rings. The van der Waals surface area contributed by atoms with E-state index >= 15 is 0 Å². The molecule has 0 aliphatic heterocycles. The average Bonchev–Trinajstić information content (AvgIpc) is 0.811. The second kappa shape index (κ2) is 15.7. The smallest absolute Gasteiger partial charge is 0.693 e. The van der Waals surface area contributed by atoms with Gasteiger partial charge in [-0.2, -0.15) is 0 Å². The van der Waals surface area contributed by atoms with Crippen LogP contribution < -0.4 is 0 Å². The Morgan fingerprint density at radius 2 is 0.714 bits per heavy atom. The maximum atomic E-state index is 4.96. The quantitative estimate of drug-likeness (QED) is 0.625. The zero-order valence-electron chi connectivity index (χ0n) is 3.18. The zero-order chi connectivity index (χ0) is 3.58. The van der Waals surface area contributed by atoms with Gasteiger partial charge in [0, 0.05) is 0 Å². The Bertz CT molecular complexity index is 14.9. The van der Waals surface area contributed by atoms with Crippen molar-refractivity contribution in [3.8, 4) is 0 Å². The summed E-state index contributed by atoms with van der Waals surface area (Å²) in [5.74, 6) is 0. The molecule has 0 saturated heterocycles. The van der Waals surface area contributed by atoms with Gasteiger partial charge < -0.3 is 18.5 Å². The van der Waals surface area contributed by atoms with Gasteiger partial charge in [0.1, 0.15) is 0 Å². The van der Waals surface area contributed by atoms with Gasteiger partial charge in [-0.3, -0.25) is 0 Å². The first-order chi connectivity index (χ1) is 1.73. The normalized spacial score (nSPS) is 6.43. The number of hydrogen-bond acceptors (Lipinski definition) is 0. The van der Waals surface area contributed by atoms with Gasteiger partial charge in [0.15, 0.2) is 0 Å². The minimum atomic E-state index is -1.85. The van der Waals surface area contributed by atoms with Gasteiger partial charge in [0.2, 0.25) is 0 Å². The molecule has 0 heterocycles. The molecule has 0 aromatic heterocycles. The van der Waals surface area contributed by atoms with Crippen LogP contribution in [0, 0.1) is 0 Å². The second-order valence-corrected chi connectivity index (χ2v) is 9.98. The SMILES string of the molecule is [Cl][Pt]([Cl])[Cl].[NH2-].[NH2-].[NH2-]. The molecule has 0 radical (unpaired) electrons. The van der Waals surface area contributed by atoms with E-state index in [4.69, 9.17) is 28.3 Å². The molecule has 0 bridgehead atoms. The molecular formula is H6Cl3N3Pt-3. The van der Waals surface area contributed by atoms with Crippen LogP contribution in [0.5, 0.6) is 0 Å². The van der Waals surface area contributed by atoms with E-state index in [1.165, 1.54) is 0 Å². The van der Waals surface area contributed by atoms with Crippen molar-refractivity contribution in [2.24, 2.45) is 0 Å². The Labute approximate surface area is 60.8 Å². The molecule has 0 aromatic rings. The van der Waals surface area contributed by atoms with Gasteiger partial charge in [0.05, 0.1) is 0 Å². The summed E-state index contributed by atoms with van der Waals surface area (Å²) >= 11 is -1.85. The van der Waals surface area contributed by atoms with Crippen molar-refractivity contribution < 1.29 is 14.2 Å². The molecule has 0 spiro atoms. The third kappa shape index (κ3) is 106. The van der Waals surface area contributed by atoms with E-state index in [1.807, 2.05) is 0 Å². The Balaban J connectivity index is -0.0000000150. The number of rotatable bonds is 0. The summed E-state index contributed by atoms with van der Waals surface area (Å²) in [6, 6.07) is 0. The molecule has 0 aliphatic rings. The third-order valence-electron chi connectivity index (χ3n) is 0. The molecule has 0 saturated carbocycles. The van der Waals surface area contributed by atoms with Gasteiger partial charge in [-0.15, -0.1) is 0 Å². The van der Waals surface area contributed by atoms with Crippen LogP contribution in [0.15, 0.2) is 0 Å². The van der Waals surface area contributed by atoms with Gasteiger partial charge in [0.25, 0.3) is 0 Å². The Hall–Kier alpha value is 1.44. The van der Waals surface area contributed by atoms with E-state index in [0.717, 1.165) is 0 Å². The van der Waals surface area contributed by atoms with Crippen LogP contribution in [0.2, 0.25) is 0 Å². The molecule has 0 aromatic carbocycles. The molecular weight excluding hydrogens is 343 g/mol. The standard InChI is InChI=1S/3ClH.3H2N.Pt/h3*1H;3*1H2;/q;;;3*-1;+3/p-3. The van der Waals surface area contributed by atoms with Crippen molar-refractivity contribution in [3.63, 3.8) is 0 Å². The molecule has 0 unspecified atom stereocenters.